The maximum Gasteiger partial charge on any atom is 0.240 e. The summed E-state index contributed by atoms with van der Waals surface area (Å²) in [7, 11) is -3.62. The van der Waals surface area contributed by atoms with E-state index in [4.69, 9.17) is 5.73 Å². The summed E-state index contributed by atoms with van der Waals surface area (Å²) in [5, 5.41) is 9.32. The molecule has 4 N–H and O–H groups in total. The van der Waals surface area contributed by atoms with Crippen LogP contribution in [0.2, 0.25) is 0 Å². The molecule has 2 rings (SSSR count). The summed E-state index contributed by atoms with van der Waals surface area (Å²) < 4.78 is 26.7. The van der Waals surface area contributed by atoms with Gasteiger partial charge in [-0.3, -0.25) is 0 Å². The molecule has 0 bridgehead atoms. The summed E-state index contributed by atoms with van der Waals surface area (Å²) in [6.07, 6.45) is 0.606. The van der Waals surface area contributed by atoms with Gasteiger partial charge in [0.15, 0.2) is 0 Å². The maximum atomic E-state index is 12.1. The first-order chi connectivity index (χ1) is 9.88. The third-order valence-corrected chi connectivity index (χ3v) is 4.56. The maximum absolute atomic E-state index is 12.1. The monoisotopic (exact) mass is 306 g/mol. The molecular formula is C15H18N2O3S. The van der Waals surface area contributed by atoms with Crippen LogP contribution in [0.4, 0.5) is 5.69 Å². The highest BCUT2D eigenvalue weighted by Crippen LogP contribution is 2.22. The Morgan fingerprint density at radius 2 is 1.95 bits per heavy atom. The lowest BCUT2D eigenvalue weighted by molar-refractivity contribution is 0.477. The van der Waals surface area contributed by atoms with Crippen molar-refractivity contribution in [1.29, 1.82) is 0 Å². The average molecular weight is 306 g/mol. The minimum absolute atomic E-state index is 0.0385. The van der Waals surface area contributed by atoms with Crippen molar-refractivity contribution >= 4 is 15.7 Å². The first-order valence-electron chi connectivity index (χ1n) is 6.52. The molecule has 21 heavy (non-hydrogen) atoms. The summed E-state index contributed by atoms with van der Waals surface area (Å²) in [6, 6.07) is 11.7. The molecule has 0 heterocycles. The molecule has 0 radical (unpaired) electrons. The van der Waals surface area contributed by atoms with Crippen LogP contribution in [0.3, 0.4) is 0 Å². The minimum Gasteiger partial charge on any atom is -0.506 e. The third kappa shape index (κ3) is 3.96. The van der Waals surface area contributed by atoms with Gasteiger partial charge in [0.2, 0.25) is 10.0 Å². The number of sulfonamides is 1. The number of nitrogens with two attached hydrogens (primary N) is 1. The zero-order valence-corrected chi connectivity index (χ0v) is 12.5. The quantitative estimate of drug-likeness (QED) is 0.580. The second kappa shape index (κ2) is 6.15. The van der Waals surface area contributed by atoms with Crippen LogP contribution >= 0.6 is 0 Å². The van der Waals surface area contributed by atoms with Crippen LogP contribution < -0.4 is 10.5 Å². The van der Waals surface area contributed by atoms with E-state index in [2.05, 4.69) is 4.72 Å². The van der Waals surface area contributed by atoms with Gasteiger partial charge >= 0.3 is 0 Å². The fourth-order valence-corrected chi connectivity index (χ4v) is 3.05. The van der Waals surface area contributed by atoms with Crippen molar-refractivity contribution in [2.75, 3.05) is 12.3 Å². The van der Waals surface area contributed by atoms with Gasteiger partial charge in [0.1, 0.15) is 5.75 Å². The van der Waals surface area contributed by atoms with E-state index in [1.54, 1.807) is 0 Å². The third-order valence-electron chi connectivity index (χ3n) is 3.10. The molecule has 0 aromatic heterocycles. The lowest BCUT2D eigenvalue weighted by atomic mass is 10.1. The average Bonchev–Trinajstić information content (AvgIpc) is 2.41. The van der Waals surface area contributed by atoms with Gasteiger partial charge in [-0.1, -0.05) is 29.8 Å². The molecule has 2 aromatic rings. The summed E-state index contributed by atoms with van der Waals surface area (Å²) >= 11 is 0. The summed E-state index contributed by atoms with van der Waals surface area (Å²) in [4.78, 5) is 0.0436. The lowest BCUT2D eigenvalue weighted by Crippen LogP contribution is -2.26. The number of phenolic OH excluding ortho intramolecular Hbond substituents is 1. The Balaban J connectivity index is 2.03. The number of rotatable bonds is 5. The lowest BCUT2D eigenvalue weighted by Gasteiger charge is -2.08. The molecule has 2 aromatic carbocycles. The van der Waals surface area contributed by atoms with E-state index >= 15 is 0 Å². The molecule has 0 saturated carbocycles. The van der Waals surface area contributed by atoms with Crippen molar-refractivity contribution in [1.82, 2.24) is 4.72 Å². The number of aromatic hydroxyl groups is 1. The van der Waals surface area contributed by atoms with E-state index in [0.717, 1.165) is 11.1 Å². The van der Waals surface area contributed by atoms with Crippen molar-refractivity contribution in [3.63, 3.8) is 0 Å². The first kappa shape index (κ1) is 15.3. The number of benzene rings is 2. The number of anilines is 1. The van der Waals surface area contributed by atoms with Gasteiger partial charge in [-0.15, -0.1) is 0 Å². The molecule has 0 amide bonds. The number of nitrogens with one attached hydrogen (secondary N) is 1. The number of nitrogen functional groups attached to an aromatic ring is 1. The molecule has 0 atom stereocenters. The van der Waals surface area contributed by atoms with E-state index in [0.29, 0.717) is 13.0 Å². The van der Waals surface area contributed by atoms with Gasteiger partial charge < -0.3 is 10.8 Å². The fourth-order valence-electron chi connectivity index (χ4n) is 1.98. The predicted octanol–water partition coefficient (Wildman–Crippen LogP) is 1.80. The zero-order chi connectivity index (χ0) is 15.5. The van der Waals surface area contributed by atoms with Crippen LogP contribution in [0.15, 0.2) is 47.4 Å². The van der Waals surface area contributed by atoms with E-state index in [1.165, 1.54) is 18.2 Å². The Morgan fingerprint density at radius 3 is 2.62 bits per heavy atom. The molecule has 0 spiro atoms. The Kier molecular flexibility index (Phi) is 4.50. The van der Waals surface area contributed by atoms with Crippen molar-refractivity contribution in [2.24, 2.45) is 0 Å². The van der Waals surface area contributed by atoms with E-state index in [1.807, 2.05) is 31.2 Å². The van der Waals surface area contributed by atoms with Gasteiger partial charge in [0, 0.05) is 6.54 Å². The largest absolute Gasteiger partial charge is 0.506 e. The molecular weight excluding hydrogens is 288 g/mol. The summed E-state index contributed by atoms with van der Waals surface area (Å²) in [5.74, 6) is -0.131. The zero-order valence-electron chi connectivity index (χ0n) is 11.7. The van der Waals surface area contributed by atoms with Gasteiger partial charge in [-0.2, -0.15) is 0 Å². The highest BCUT2D eigenvalue weighted by Gasteiger charge is 2.14. The van der Waals surface area contributed by atoms with Crippen molar-refractivity contribution in [3.05, 3.63) is 53.6 Å². The fraction of sp³-hybridized carbons (Fsp3) is 0.200. The molecule has 0 saturated heterocycles. The summed E-state index contributed by atoms with van der Waals surface area (Å²) in [5.41, 5.74) is 7.76. The number of aryl methyl sites for hydroxylation is 1. The Bertz CT molecular complexity index is 742. The Hall–Kier alpha value is -2.05. The molecule has 6 heteroatoms. The van der Waals surface area contributed by atoms with E-state index < -0.39 is 10.0 Å². The number of phenols is 1. The molecule has 112 valence electrons. The SMILES string of the molecule is Cc1cccc(CCNS(=O)(=O)c2ccc(O)c(N)c2)c1. The topological polar surface area (TPSA) is 92.4 Å². The van der Waals surface area contributed by atoms with Crippen LogP contribution in [0.1, 0.15) is 11.1 Å². The van der Waals surface area contributed by atoms with Crippen LogP contribution in [0.25, 0.3) is 0 Å². The molecule has 0 aliphatic heterocycles. The van der Waals surface area contributed by atoms with E-state index in [9.17, 15) is 13.5 Å². The predicted molar refractivity (Wildman–Crippen MR) is 82.6 cm³/mol. The molecule has 0 aliphatic carbocycles. The molecule has 0 fully saturated rings. The molecule has 0 unspecified atom stereocenters. The number of hydrogen-bond acceptors (Lipinski definition) is 4. The van der Waals surface area contributed by atoms with Crippen LogP contribution in [0.5, 0.6) is 5.75 Å². The highest BCUT2D eigenvalue weighted by molar-refractivity contribution is 7.89. The number of hydrogen-bond donors (Lipinski definition) is 3. The highest BCUT2D eigenvalue weighted by atomic mass is 32.2. The molecule has 0 aliphatic rings. The Labute approximate surface area is 124 Å². The minimum atomic E-state index is -3.62. The van der Waals surface area contributed by atoms with Gasteiger partial charge in [0.05, 0.1) is 10.6 Å². The van der Waals surface area contributed by atoms with Crippen molar-refractivity contribution in [2.45, 2.75) is 18.2 Å². The van der Waals surface area contributed by atoms with Gasteiger partial charge in [-0.25, -0.2) is 13.1 Å². The summed E-state index contributed by atoms with van der Waals surface area (Å²) in [6.45, 7) is 2.29. The van der Waals surface area contributed by atoms with Crippen LogP contribution in [-0.4, -0.2) is 20.1 Å². The normalized spacial score (nSPS) is 11.5. The van der Waals surface area contributed by atoms with Crippen molar-refractivity contribution < 1.29 is 13.5 Å². The van der Waals surface area contributed by atoms with Crippen LogP contribution in [0, 0.1) is 6.92 Å². The second-order valence-corrected chi connectivity index (χ2v) is 6.62. The second-order valence-electron chi connectivity index (χ2n) is 4.86. The standard InChI is InChI=1S/C15H18N2O3S/c1-11-3-2-4-12(9-11)7-8-17-21(19,20)13-5-6-15(18)14(16)10-13/h2-6,9-10,17-18H,7-8,16H2,1H3. The first-order valence-corrected chi connectivity index (χ1v) is 8.00. The smallest absolute Gasteiger partial charge is 0.240 e. The van der Waals surface area contributed by atoms with Crippen LogP contribution in [-0.2, 0) is 16.4 Å². The van der Waals surface area contributed by atoms with E-state index in [-0.39, 0.29) is 16.3 Å². The van der Waals surface area contributed by atoms with Crippen molar-refractivity contribution in [3.8, 4) is 5.75 Å². The van der Waals surface area contributed by atoms with Gasteiger partial charge in [-0.05, 0) is 37.1 Å². The van der Waals surface area contributed by atoms with Gasteiger partial charge in [0.25, 0.3) is 0 Å². The Morgan fingerprint density at radius 1 is 1.19 bits per heavy atom. The molecule has 5 nitrogen and oxygen atoms in total.